The van der Waals surface area contributed by atoms with Crippen LogP contribution in [0, 0.1) is 6.92 Å². The highest BCUT2D eigenvalue weighted by Crippen LogP contribution is 2.18. The van der Waals surface area contributed by atoms with E-state index in [0.717, 1.165) is 24.4 Å². The van der Waals surface area contributed by atoms with E-state index < -0.39 is 0 Å². The average Bonchev–Trinajstić information content (AvgIpc) is 3.24. The van der Waals surface area contributed by atoms with Crippen LogP contribution in [0.4, 0.5) is 0 Å². The fourth-order valence-corrected chi connectivity index (χ4v) is 2.56. The molecule has 0 aliphatic carbocycles. The molecule has 3 rings (SSSR count). The van der Waals surface area contributed by atoms with E-state index in [1.807, 2.05) is 43.5 Å². The highest BCUT2D eigenvalue weighted by atomic mass is 16.2. The molecular formula is C16H19N7O. The molecule has 3 aromatic rings. The van der Waals surface area contributed by atoms with Crippen molar-refractivity contribution in [3.63, 3.8) is 0 Å². The molecule has 1 aromatic carbocycles. The largest absolute Gasteiger partial charge is 0.348 e. The van der Waals surface area contributed by atoms with Gasteiger partial charge < -0.3 is 9.88 Å². The number of tetrazole rings is 1. The molecule has 0 aliphatic rings. The number of aromatic nitrogens is 6. The third kappa shape index (κ3) is 4.03. The zero-order chi connectivity index (χ0) is 16.8. The number of imidazole rings is 1. The molecule has 8 nitrogen and oxygen atoms in total. The first kappa shape index (κ1) is 15.9. The summed E-state index contributed by atoms with van der Waals surface area (Å²) in [6.45, 7) is 2.84. The molecule has 0 aliphatic heterocycles. The van der Waals surface area contributed by atoms with Gasteiger partial charge in [0.15, 0.2) is 0 Å². The first-order valence-electron chi connectivity index (χ1n) is 7.75. The fraction of sp³-hybridized carbons (Fsp3) is 0.312. The second-order valence-corrected chi connectivity index (χ2v) is 5.49. The van der Waals surface area contributed by atoms with Crippen LogP contribution in [0.5, 0.6) is 0 Å². The third-order valence-corrected chi connectivity index (χ3v) is 3.82. The standard InChI is InChI=1S/C16H19N7O/c1-13-17-8-10-22(13)9-7-15(14-5-3-2-4-6-14)19-16(24)11-23-12-18-20-21-23/h2-6,8,10,12,15H,7,9,11H2,1H3,(H,19,24)/t15-/m1/s1. The SMILES string of the molecule is Cc1nccn1CC[C@@H](NC(=O)Cn1cnnn1)c1ccccc1. The number of nitrogens with zero attached hydrogens (tertiary/aromatic N) is 6. The Labute approximate surface area is 139 Å². The van der Waals surface area contributed by atoms with Gasteiger partial charge in [0, 0.05) is 18.9 Å². The van der Waals surface area contributed by atoms with E-state index in [1.54, 1.807) is 6.20 Å². The van der Waals surface area contributed by atoms with E-state index in [1.165, 1.54) is 11.0 Å². The molecule has 1 atom stereocenters. The summed E-state index contributed by atoms with van der Waals surface area (Å²) in [6, 6.07) is 9.85. The summed E-state index contributed by atoms with van der Waals surface area (Å²) in [5.74, 6) is 0.834. The topological polar surface area (TPSA) is 90.5 Å². The van der Waals surface area contributed by atoms with Crippen LogP contribution in [-0.4, -0.2) is 35.7 Å². The van der Waals surface area contributed by atoms with Crippen molar-refractivity contribution in [1.82, 2.24) is 35.1 Å². The lowest BCUT2D eigenvalue weighted by Gasteiger charge is -2.20. The molecule has 0 saturated heterocycles. The van der Waals surface area contributed by atoms with Crippen molar-refractivity contribution in [3.05, 3.63) is 60.4 Å². The van der Waals surface area contributed by atoms with Gasteiger partial charge in [-0.3, -0.25) is 4.79 Å². The van der Waals surface area contributed by atoms with Crippen molar-refractivity contribution in [1.29, 1.82) is 0 Å². The summed E-state index contributed by atoms with van der Waals surface area (Å²) in [5.41, 5.74) is 1.07. The lowest BCUT2D eigenvalue weighted by atomic mass is 10.0. The maximum Gasteiger partial charge on any atom is 0.242 e. The summed E-state index contributed by atoms with van der Waals surface area (Å²) in [6.07, 6.45) is 5.91. The van der Waals surface area contributed by atoms with Crippen LogP contribution in [0.1, 0.15) is 23.9 Å². The fourth-order valence-electron chi connectivity index (χ4n) is 2.56. The lowest BCUT2D eigenvalue weighted by Crippen LogP contribution is -2.32. The zero-order valence-electron chi connectivity index (χ0n) is 13.4. The minimum Gasteiger partial charge on any atom is -0.348 e. The highest BCUT2D eigenvalue weighted by Gasteiger charge is 2.15. The van der Waals surface area contributed by atoms with Gasteiger partial charge in [0.1, 0.15) is 18.7 Å². The maximum absolute atomic E-state index is 12.3. The van der Waals surface area contributed by atoms with E-state index in [-0.39, 0.29) is 18.5 Å². The van der Waals surface area contributed by atoms with Gasteiger partial charge in [-0.15, -0.1) is 5.10 Å². The second kappa shape index (κ2) is 7.49. The Hall–Kier alpha value is -3.03. The Bertz CT molecular complexity index is 767. The Balaban J connectivity index is 1.67. The number of carbonyl (C=O) groups is 1. The average molecular weight is 325 g/mol. The number of hydrogen-bond donors (Lipinski definition) is 1. The van der Waals surface area contributed by atoms with E-state index in [0.29, 0.717) is 0 Å². The molecular weight excluding hydrogens is 306 g/mol. The second-order valence-electron chi connectivity index (χ2n) is 5.49. The van der Waals surface area contributed by atoms with Crippen LogP contribution in [0.25, 0.3) is 0 Å². The van der Waals surface area contributed by atoms with Crippen molar-refractivity contribution in [2.75, 3.05) is 0 Å². The lowest BCUT2D eigenvalue weighted by molar-refractivity contribution is -0.122. The van der Waals surface area contributed by atoms with E-state index in [2.05, 4.69) is 30.4 Å². The van der Waals surface area contributed by atoms with Gasteiger partial charge in [0.2, 0.25) is 5.91 Å². The number of benzene rings is 1. The summed E-state index contributed by atoms with van der Waals surface area (Å²) in [5, 5.41) is 13.9. The van der Waals surface area contributed by atoms with Crippen LogP contribution in [0.2, 0.25) is 0 Å². The Kier molecular flexibility index (Phi) is 4.95. The molecule has 124 valence electrons. The van der Waals surface area contributed by atoms with Crippen LogP contribution in [0.3, 0.4) is 0 Å². The number of rotatable bonds is 7. The van der Waals surface area contributed by atoms with Crippen molar-refractivity contribution in [2.24, 2.45) is 0 Å². The Morgan fingerprint density at radius 3 is 2.79 bits per heavy atom. The molecule has 24 heavy (non-hydrogen) atoms. The van der Waals surface area contributed by atoms with Crippen molar-refractivity contribution >= 4 is 5.91 Å². The summed E-state index contributed by atoms with van der Waals surface area (Å²) < 4.78 is 3.47. The van der Waals surface area contributed by atoms with Gasteiger partial charge in [-0.25, -0.2) is 9.67 Å². The zero-order valence-corrected chi connectivity index (χ0v) is 13.4. The minimum absolute atomic E-state index is 0.0861. The summed E-state index contributed by atoms with van der Waals surface area (Å²) in [4.78, 5) is 16.5. The first-order valence-corrected chi connectivity index (χ1v) is 7.75. The first-order chi connectivity index (χ1) is 11.7. The van der Waals surface area contributed by atoms with Gasteiger partial charge in [0.25, 0.3) is 0 Å². The van der Waals surface area contributed by atoms with E-state index in [9.17, 15) is 4.79 Å². The molecule has 0 fully saturated rings. The highest BCUT2D eigenvalue weighted by molar-refractivity contribution is 5.76. The quantitative estimate of drug-likeness (QED) is 0.703. The third-order valence-electron chi connectivity index (χ3n) is 3.82. The van der Waals surface area contributed by atoms with Crippen LogP contribution in [0.15, 0.2) is 49.1 Å². The van der Waals surface area contributed by atoms with Crippen LogP contribution in [-0.2, 0) is 17.9 Å². The molecule has 1 amide bonds. The molecule has 1 N–H and O–H groups in total. The summed E-state index contributed by atoms with van der Waals surface area (Å²) in [7, 11) is 0. The van der Waals surface area contributed by atoms with E-state index in [4.69, 9.17) is 0 Å². The predicted octanol–water partition coefficient (Wildman–Crippen LogP) is 1.13. The maximum atomic E-state index is 12.3. The van der Waals surface area contributed by atoms with Crippen molar-refractivity contribution in [3.8, 4) is 0 Å². The molecule has 0 bridgehead atoms. The molecule has 0 spiro atoms. The molecule has 2 heterocycles. The van der Waals surface area contributed by atoms with Crippen LogP contribution >= 0.6 is 0 Å². The number of hydrogen-bond acceptors (Lipinski definition) is 5. The van der Waals surface area contributed by atoms with Gasteiger partial charge >= 0.3 is 0 Å². The smallest absolute Gasteiger partial charge is 0.242 e. The minimum atomic E-state index is -0.126. The van der Waals surface area contributed by atoms with Gasteiger partial charge in [-0.05, 0) is 29.3 Å². The van der Waals surface area contributed by atoms with Crippen LogP contribution < -0.4 is 5.32 Å². The van der Waals surface area contributed by atoms with Gasteiger partial charge in [-0.1, -0.05) is 30.3 Å². The molecule has 0 saturated carbocycles. The van der Waals surface area contributed by atoms with Crippen molar-refractivity contribution < 1.29 is 4.79 Å². The normalized spacial score (nSPS) is 12.0. The van der Waals surface area contributed by atoms with Gasteiger partial charge in [-0.2, -0.15) is 0 Å². The molecule has 0 unspecified atom stereocenters. The molecule has 8 heteroatoms. The van der Waals surface area contributed by atoms with Gasteiger partial charge in [0.05, 0.1) is 6.04 Å². The summed E-state index contributed by atoms with van der Waals surface area (Å²) >= 11 is 0. The number of nitrogens with one attached hydrogen (secondary N) is 1. The number of amides is 1. The Morgan fingerprint density at radius 1 is 1.29 bits per heavy atom. The molecule has 2 aromatic heterocycles. The molecule has 0 radical (unpaired) electrons. The monoisotopic (exact) mass is 325 g/mol. The predicted molar refractivity (Wildman–Crippen MR) is 86.7 cm³/mol. The van der Waals surface area contributed by atoms with E-state index >= 15 is 0 Å². The Morgan fingerprint density at radius 2 is 2.12 bits per heavy atom. The van der Waals surface area contributed by atoms with Crippen molar-refractivity contribution in [2.45, 2.75) is 32.5 Å². The number of carbonyl (C=O) groups excluding carboxylic acids is 1. The number of aryl methyl sites for hydroxylation is 2.